The first kappa shape index (κ1) is 14.9. The maximum atomic E-state index is 10.6. The number of rotatable bonds is 5. The molecule has 1 atom stereocenters. The molecule has 1 amide bonds. The number of methoxy groups -OCH3 is 1. The van der Waals surface area contributed by atoms with Crippen LogP contribution in [-0.4, -0.2) is 24.9 Å². The van der Waals surface area contributed by atoms with E-state index in [-0.39, 0.29) is 6.61 Å². The third-order valence-corrected chi connectivity index (χ3v) is 3.08. The minimum Gasteiger partial charge on any atom is -0.496 e. The van der Waals surface area contributed by atoms with Crippen LogP contribution in [0.15, 0.2) is 48.5 Å². The van der Waals surface area contributed by atoms with Crippen molar-refractivity contribution >= 4 is 6.09 Å². The lowest BCUT2D eigenvalue weighted by Crippen LogP contribution is -2.17. The van der Waals surface area contributed by atoms with Gasteiger partial charge in [-0.1, -0.05) is 42.5 Å². The number of nitrogens with two attached hydrogens (primary N) is 1. The first-order valence-corrected chi connectivity index (χ1v) is 6.45. The van der Waals surface area contributed by atoms with Crippen LogP contribution in [0.25, 0.3) is 11.1 Å². The van der Waals surface area contributed by atoms with E-state index in [4.69, 9.17) is 10.5 Å². The van der Waals surface area contributed by atoms with Crippen molar-refractivity contribution in [3.8, 4) is 16.9 Å². The molecule has 2 aromatic carbocycles. The number of carbonyl (C=O) groups excluding carboxylic acids is 1. The molecular formula is C16H17NO4. The summed E-state index contributed by atoms with van der Waals surface area (Å²) in [6.07, 6.45) is -1.86. The Bertz CT molecular complexity index is 613. The smallest absolute Gasteiger partial charge is 0.404 e. The fourth-order valence-electron chi connectivity index (χ4n) is 2.03. The normalized spacial score (nSPS) is 11.7. The summed E-state index contributed by atoms with van der Waals surface area (Å²) in [6.45, 7) is -0.191. The van der Waals surface area contributed by atoms with Crippen molar-refractivity contribution in [2.24, 2.45) is 5.73 Å². The largest absolute Gasteiger partial charge is 0.496 e. The molecule has 0 radical (unpaired) electrons. The molecule has 21 heavy (non-hydrogen) atoms. The van der Waals surface area contributed by atoms with Gasteiger partial charge in [0.1, 0.15) is 18.5 Å². The van der Waals surface area contributed by atoms with Gasteiger partial charge in [0, 0.05) is 5.56 Å². The van der Waals surface area contributed by atoms with E-state index in [0.717, 1.165) is 11.1 Å². The third kappa shape index (κ3) is 3.73. The number of primary amides is 1. The summed E-state index contributed by atoms with van der Waals surface area (Å²) in [7, 11) is 1.57. The Morgan fingerprint density at radius 1 is 1.24 bits per heavy atom. The predicted octanol–water partition coefficient (Wildman–Crippen LogP) is 2.49. The summed E-state index contributed by atoms with van der Waals surface area (Å²) < 4.78 is 9.97. The predicted molar refractivity (Wildman–Crippen MR) is 78.9 cm³/mol. The van der Waals surface area contributed by atoms with Crippen LogP contribution >= 0.6 is 0 Å². The second kappa shape index (κ2) is 6.76. The maximum Gasteiger partial charge on any atom is 0.404 e. The van der Waals surface area contributed by atoms with Crippen molar-refractivity contribution in [2.45, 2.75) is 6.10 Å². The highest BCUT2D eigenvalue weighted by atomic mass is 16.6. The van der Waals surface area contributed by atoms with E-state index >= 15 is 0 Å². The summed E-state index contributed by atoms with van der Waals surface area (Å²) >= 11 is 0. The van der Waals surface area contributed by atoms with Crippen molar-refractivity contribution in [1.82, 2.24) is 0 Å². The van der Waals surface area contributed by atoms with E-state index in [1.54, 1.807) is 19.2 Å². The Balaban J connectivity index is 2.26. The zero-order valence-electron chi connectivity index (χ0n) is 11.7. The van der Waals surface area contributed by atoms with Crippen LogP contribution in [0.3, 0.4) is 0 Å². The van der Waals surface area contributed by atoms with Gasteiger partial charge in [-0.05, 0) is 17.2 Å². The van der Waals surface area contributed by atoms with Gasteiger partial charge in [-0.3, -0.25) is 0 Å². The van der Waals surface area contributed by atoms with E-state index in [1.807, 2.05) is 36.4 Å². The number of hydrogen-bond acceptors (Lipinski definition) is 4. The molecule has 0 saturated heterocycles. The molecule has 2 rings (SSSR count). The number of amides is 1. The summed E-state index contributed by atoms with van der Waals surface area (Å²) in [5, 5.41) is 9.96. The van der Waals surface area contributed by atoms with E-state index in [0.29, 0.717) is 11.3 Å². The average Bonchev–Trinajstić information content (AvgIpc) is 2.52. The van der Waals surface area contributed by atoms with Crippen molar-refractivity contribution < 1.29 is 19.4 Å². The van der Waals surface area contributed by atoms with Crippen LogP contribution in [0.4, 0.5) is 4.79 Å². The van der Waals surface area contributed by atoms with Gasteiger partial charge in [0.05, 0.1) is 7.11 Å². The van der Waals surface area contributed by atoms with Crippen LogP contribution < -0.4 is 10.5 Å². The number of ether oxygens (including phenoxy) is 2. The standard InChI is InChI=1S/C16H17NO4/c1-20-15-9-12(14(18)10-21-16(17)19)7-8-13(15)11-5-3-2-4-6-11/h2-9,14,18H,10H2,1H3,(H2,17,19). The molecular weight excluding hydrogens is 270 g/mol. The number of carbonyl (C=O) groups is 1. The van der Waals surface area contributed by atoms with Crippen LogP contribution in [0.5, 0.6) is 5.75 Å². The highest BCUT2D eigenvalue weighted by Crippen LogP contribution is 2.32. The van der Waals surface area contributed by atoms with E-state index in [1.165, 1.54) is 0 Å². The van der Waals surface area contributed by atoms with E-state index in [9.17, 15) is 9.90 Å². The second-order valence-corrected chi connectivity index (χ2v) is 4.47. The topological polar surface area (TPSA) is 81.8 Å². The van der Waals surface area contributed by atoms with Gasteiger partial charge in [-0.25, -0.2) is 4.79 Å². The minimum atomic E-state index is -0.948. The summed E-state index contributed by atoms with van der Waals surface area (Å²) in [5.74, 6) is 0.636. The van der Waals surface area contributed by atoms with Gasteiger partial charge in [-0.15, -0.1) is 0 Å². The monoisotopic (exact) mass is 287 g/mol. The number of hydrogen-bond donors (Lipinski definition) is 2. The molecule has 0 aromatic heterocycles. The second-order valence-electron chi connectivity index (χ2n) is 4.47. The highest BCUT2D eigenvalue weighted by molar-refractivity contribution is 5.71. The van der Waals surface area contributed by atoms with Gasteiger partial charge in [0.25, 0.3) is 0 Å². The molecule has 5 heteroatoms. The van der Waals surface area contributed by atoms with Crippen molar-refractivity contribution in [1.29, 1.82) is 0 Å². The molecule has 5 nitrogen and oxygen atoms in total. The average molecular weight is 287 g/mol. The molecule has 0 bridgehead atoms. The molecule has 1 unspecified atom stereocenters. The summed E-state index contributed by atoms with van der Waals surface area (Å²) in [5.41, 5.74) is 7.41. The van der Waals surface area contributed by atoms with Crippen molar-refractivity contribution in [3.05, 3.63) is 54.1 Å². The molecule has 0 aliphatic carbocycles. The minimum absolute atomic E-state index is 0.191. The molecule has 2 aromatic rings. The molecule has 0 aliphatic rings. The zero-order chi connectivity index (χ0) is 15.2. The Hall–Kier alpha value is -2.53. The fraction of sp³-hybridized carbons (Fsp3) is 0.188. The van der Waals surface area contributed by atoms with E-state index in [2.05, 4.69) is 4.74 Å². The van der Waals surface area contributed by atoms with E-state index < -0.39 is 12.2 Å². The Morgan fingerprint density at radius 3 is 2.57 bits per heavy atom. The molecule has 0 saturated carbocycles. The van der Waals surface area contributed by atoms with Gasteiger partial charge >= 0.3 is 6.09 Å². The van der Waals surface area contributed by atoms with Crippen LogP contribution in [0.2, 0.25) is 0 Å². The number of aliphatic hydroxyl groups excluding tert-OH is 1. The fourth-order valence-corrected chi connectivity index (χ4v) is 2.03. The SMILES string of the molecule is COc1cc(C(O)COC(N)=O)ccc1-c1ccccc1. The number of benzene rings is 2. The maximum absolute atomic E-state index is 10.6. The molecule has 0 spiro atoms. The number of aliphatic hydroxyl groups is 1. The lowest BCUT2D eigenvalue weighted by atomic mass is 10.0. The van der Waals surface area contributed by atoms with Gasteiger partial charge in [0.15, 0.2) is 0 Å². The summed E-state index contributed by atoms with van der Waals surface area (Å²) in [4.78, 5) is 10.6. The van der Waals surface area contributed by atoms with Crippen LogP contribution in [0.1, 0.15) is 11.7 Å². The molecule has 0 aliphatic heterocycles. The van der Waals surface area contributed by atoms with Gasteiger partial charge < -0.3 is 20.3 Å². The Kier molecular flexibility index (Phi) is 4.79. The van der Waals surface area contributed by atoms with Gasteiger partial charge in [-0.2, -0.15) is 0 Å². The highest BCUT2D eigenvalue weighted by Gasteiger charge is 2.13. The van der Waals surface area contributed by atoms with Crippen molar-refractivity contribution in [3.63, 3.8) is 0 Å². The first-order chi connectivity index (χ1) is 10.1. The quantitative estimate of drug-likeness (QED) is 0.885. The Labute approximate surface area is 122 Å². The summed E-state index contributed by atoms with van der Waals surface area (Å²) in [6, 6.07) is 15.1. The lowest BCUT2D eigenvalue weighted by molar-refractivity contribution is 0.0728. The third-order valence-electron chi connectivity index (χ3n) is 3.08. The molecule has 0 heterocycles. The first-order valence-electron chi connectivity index (χ1n) is 6.45. The van der Waals surface area contributed by atoms with Gasteiger partial charge in [0.2, 0.25) is 0 Å². The van der Waals surface area contributed by atoms with Crippen molar-refractivity contribution in [2.75, 3.05) is 13.7 Å². The molecule has 110 valence electrons. The molecule has 0 fully saturated rings. The zero-order valence-corrected chi connectivity index (χ0v) is 11.7. The molecule has 3 N–H and O–H groups in total. The Morgan fingerprint density at radius 2 is 1.95 bits per heavy atom. The van der Waals surface area contributed by atoms with Crippen LogP contribution in [0, 0.1) is 0 Å². The lowest BCUT2D eigenvalue weighted by Gasteiger charge is -2.14. The van der Waals surface area contributed by atoms with Crippen LogP contribution in [-0.2, 0) is 4.74 Å².